The van der Waals surface area contributed by atoms with Crippen LogP contribution in [0.15, 0.2) is 12.1 Å². The molecule has 2 rings (SSSR count). The van der Waals surface area contributed by atoms with Crippen LogP contribution in [-0.2, 0) is 9.53 Å². The van der Waals surface area contributed by atoms with Crippen LogP contribution < -0.4 is 15.2 Å². The minimum atomic E-state index is -0.348. The van der Waals surface area contributed by atoms with Crippen LogP contribution >= 0.6 is 11.6 Å². The van der Waals surface area contributed by atoms with E-state index in [9.17, 15) is 4.79 Å². The average Bonchev–Trinajstić information content (AvgIpc) is 2.69. The highest BCUT2D eigenvalue weighted by Gasteiger charge is 2.18. The standard InChI is InChI=1S/C15H20ClNO4/c1-2-19-15(18)5-4-12(17)10-8-13-14(9-11(10)16)21-7-3-6-20-13/h8-9,12H,2-7,17H2,1H3. The number of hydrogen-bond acceptors (Lipinski definition) is 5. The van der Waals surface area contributed by atoms with Gasteiger partial charge in [0.2, 0.25) is 0 Å². The van der Waals surface area contributed by atoms with Gasteiger partial charge in [-0.1, -0.05) is 11.6 Å². The van der Waals surface area contributed by atoms with Gasteiger partial charge in [-0.2, -0.15) is 0 Å². The molecule has 21 heavy (non-hydrogen) atoms. The lowest BCUT2D eigenvalue weighted by Gasteiger charge is -2.16. The van der Waals surface area contributed by atoms with Crippen molar-refractivity contribution in [3.8, 4) is 11.5 Å². The summed E-state index contributed by atoms with van der Waals surface area (Å²) in [7, 11) is 0. The van der Waals surface area contributed by atoms with Gasteiger partial charge in [-0.15, -0.1) is 0 Å². The Kier molecular flexibility index (Phi) is 5.70. The first-order valence-electron chi connectivity index (χ1n) is 7.12. The number of carbonyl (C=O) groups excluding carboxylic acids is 1. The molecule has 1 atom stereocenters. The molecular weight excluding hydrogens is 294 g/mol. The fraction of sp³-hybridized carbons (Fsp3) is 0.533. The number of hydrogen-bond donors (Lipinski definition) is 1. The lowest BCUT2D eigenvalue weighted by Crippen LogP contribution is -2.14. The van der Waals surface area contributed by atoms with Gasteiger partial charge in [-0.05, 0) is 25.0 Å². The minimum Gasteiger partial charge on any atom is -0.490 e. The summed E-state index contributed by atoms with van der Waals surface area (Å²) >= 11 is 6.25. The zero-order chi connectivity index (χ0) is 15.2. The van der Waals surface area contributed by atoms with Crippen molar-refractivity contribution in [1.82, 2.24) is 0 Å². The van der Waals surface area contributed by atoms with Crippen molar-refractivity contribution in [3.63, 3.8) is 0 Å². The second kappa shape index (κ2) is 7.52. The third-order valence-corrected chi connectivity index (χ3v) is 3.56. The summed E-state index contributed by atoms with van der Waals surface area (Å²) in [6.07, 6.45) is 1.56. The van der Waals surface area contributed by atoms with Crippen molar-refractivity contribution >= 4 is 17.6 Å². The molecule has 1 aromatic rings. The van der Waals surface area contributed by atoms with E-state index in [0.717, 1.165) is 12.0 Å². The van der Waals surface area contributed by atoms with Gasteiger partial charge in [0.25, 0.3) is 0 Å². The van der Waals surface area contributed by atoms with E-state index in [1.54, 1.807) is 19.1 Å². The maximum absolute atomic E-state index is 11.4. The van der Waals surface area contributed by atoms with Crippen LogP contribution in [-0.4, -0.2) is 25.8 Å². The Bertz CT molecular complexity index is 507. The molecule has 116 valence electrons. The molecule has 0 amide bonds. The van der Waals surface area contributed by atoms with E-state index in [1.165, 1.54) is 0 Å². The first-order chi connectivity index (χ1) is 10.1. The predicted molar refractivity (Wildman–Crippen MR) is 79.9 cm³/mol. The van der Waals surface area contributed by atoms with Gasteiger partial charge in [-0.25, -0.2) is 0 Å². The number of esters is 1. The molecule has 1 aliphatic heterocycles. The van der Waals surface area contributed by atoms with Gasteiger partial charge in [0.05, 0.1) is 19.8 Å². The summed E-state index contributed by atoms with van der Waals surface area (Å²) in [6, 6.07) is 3.18. The molecule has 0 aromatic heterocycles. The second-order valence-corrected chi connectivity index (χ2v) is 5.23. The molecule has 1 heterocycles. The maximum Gasteiger partial charge on any atom is 0.305 e. The normalized spacial score (nSPS) is 15.2. The SMILES string of the molecule is CCOC(=O)CCC(N)c1cc2c(cc1Cl)OCCCO2. The van der Waals surface area contributed by atoms with Crippen LogP contribution in [0.5, 0.6) is 11.5 Å². The average molecular weight is 314 g/mol. The van der Waals surface area contributed by atoms with E-state index in [4.69, 9.17) is 31.5 Å². The van der Waals surface area contributed by atoms with Gasteiger partial charge in [0.15, 0.2) is 11.5 Å². The van der Waals surface area contributed by atoms with E-state index in [1.807, 2.05) is 0 Å². The zero-order valence-electron chi connectivity index (χ0n) is 12.1. The summed E-state index contributed by atoms with van der Waals surface area (Å²) in [4.78, 5) is 11.4. The monoisotopic (exact) mass is 313 g/mol. The number of rotatable bonds is 5. The minimum absolute atomic E-state index is 0.251. The Morgan fingerprint density at radius 1 is 1.38 bits per heavy atom. The second-order valence-electron chi connectivity index (χ2n) is 4.82. The Morgan fingerprint density at radius 3 is 2.71 bits per heavy atom. The van der Waals surface area contributed by atoms with Crippen LogP contribution in [0.3, 0.4) is 0 Å². The highest BCUT2D eigenvalue weighted by molar-refractivity contribution is 6.31. The van der Waals surface area contributed by atoms with Crippen LogP contribution in [0.25, 0.3) is 0 Å². The Hall–Kier alpha value is -1.46. The molecule has 0 radical (unpaired) electrons. The third kappa shape index (κ3) is 4.25. The van der Waals surface area contributed by atoms with Crippen LogP contribution in [0.4, 0.5) is 0 Å². The van der Waals surface area contributed by atoms with Gasteiger partial charge >= 0.3 is 5.97 Å². The maximum atomic E-state index is 11.4. The number of fused-ring (bicyclic) bond motifs is 1. The summed E-state index contributed by atoms with van der Waals surface area (Å²) in [6.45, 7) is 3.36. The van der Waals surface area contributed by atoms with Crippen molar-refractivity contribution in [2.24, 2.45) is 5.73 Å². The molecular formula is C15H20ClNO4. The molecule has 0 aliphatic carbocycles. The van der Waals surface area contributed by atoms with Crippen molar-refractivity contribution < 1.29 is 19.0 Å². The quantitative estimate of drug-likeness (QED) is 0.846. The molecule has 1 unspecified atom stereocenters. The first kappa shape index (κ1) is 15.9. The summed E-state index contributed by atoms with van der Waals surface area (Å²) in [5.74, 6) is 1.04. The fourth-order valence-corrected chi connectivity index (χ4v) is 2.44. The van der Waals surface area contributed by atoms with Gasteiger partial charge < -0.3 is 19.9 Å². The number of halogens is 1. The van der Waals surface area contributed by atoms with E-state index in [2.05, 4.69) is 0 Å². The lowest BCUT2D eigenvalue weighted by atomic mass is 10.0. The van der Waals surface area contributed by atoms with Gasteiger partial charge in [0, 0.05) is 30.0 Å². The Morgan fingerprint density at radius 2 is 2.05 bits per heavy atom. The van der Waals surface area contributed by atoms with Crippen LogP contribution in [0.2, 0.25) is 5.02 Å². The predicted octanol–water partition coefficient (Wildman–Crippen LogP) is 2.84. The summed E-state index contributed by atoms with van der Waals surface area (Å²) < 4.78 is 16.1. The molecule has 5 nitrogen and oxygen atoms in total. The topological polar surface area (TPSA) is 70.8 Å². The number of ether oxygens (including phenoxy) is 3. The van der Waals surface area contributed by atoms with Crippen molar-refractivity contribution in [1.29, 1.82) is 0 Å². The molecule has 6 heteroatoms. The molecule has 0 saturated heterocycles. The summed E-state index contributed by atoms with van der Waals surface area (Å²) in [5.41, 5.74) is 6.88. The highest BCUT2D eigenvalue weighted by atomic mass is 35.5. The fourth-order valence-electron chi connectivity index (χ4n) is 2.15. The zero-order valence-corrected chi connectivity index (χ0v) is 12.8. The van der Waals surface area contributed by atoms with E-state index in [-0.39, 0.29) is 18.4 Å². The molecule has 0 bridgehead atoms. The Labute approximate surface area is 129 Å². The van der Waals surface area contributed by atoms with Crippen LogP contribution in [0, 0.1) is 0 Å². The van der Waals surface area contributed by atoms with Crippen LogP contribution in [0.1, 0.15) is 37.8 Å². The molecule has 1 aromatic carbocycles. The number of carbonyl (C=O) groups is 1. The van der Waals surface area contributed by atoms with E-state index in [0.29, 0.717) is 42.8 Å². The first-order valence-corrected chi connectivity index (χ1v) is 7.50. The number of benzene rings is 1. The van der Waals surface area contributed by atoms with Gasteiger partial charge in [0.1, 0.15) is 0 Å². The lowest BCUT2D eigenvalue weighted by molar-refractivity contribution is -0.143. The molecule has 0 saturated carbocycles. The molecule has 2 N–H and O–H groups in total. The molecule has 1 aliphatic rings. The molecule has 0 spiro atoms. The summed E-state index contributed by atoms with van der Waals surface area (Å²) in [5, 5.41) is 0.524. The van der Waals surface area contributed by atoms with Crippen molar-refractivity contribution in [2.45, 2.75) is 32.2 Å². The van der Waals surface area contributed by atoms with E-state index >= 15 is 0 Å². The largest absolute Gasteiger partial charge is 0.490 e. The van der Waals surface area contributed by atoms with Gasteiger partial charge in [-0.3, -0.25) is 4.79 Å². The third-order valence-electron chi connectivity index (χ3n) is 3.23. The smallest absolute Gasteiger partial charge is 0.305 e. The molecule has 0 fully saturated rings. The van der Waals surface area contributed by atoms with Crippen molar-refractivity contribution in [2.75, 3.05) is 19.8 Å². The highest BCUT2D eigenvalue weighted by Crippen LogP contribution is 2.37. The number of nitrogens with two attached hydrogens (primary N) is 1. The Balaban J connectivity index is 2.08. The van der Waals surface area contributed by atoms with Crippen molar-refractivity contribution in [3.05, 3.63) is 22.7 Å². The van der Waals surface area contributed by atoms with E-state index < -0.39 is 0 Å².